The molecule has 2 N–H and O–H groups in total. The topological polar surface area (TPSA) is 131 Å². The van der Waals surface area contributed by atoms with Gasteiger partial charge in [-0.15, -0.1) is 5.10 Å². The van der Waals surface area contributed by atoms with Gasteiger partial charge in [-0.05, 0) is 89.1 Å². The standard InChI is InChI=1S/C30H37ClF3N7O4S/c1-28(2)18-20(19-35-28)6-5-15-40(3)22-7-4-8-25(36-22)46(43,44)39-27(42)21-9-10-23(37-26(21)31)41-16-11-24(38-41)45-17-14-29(12-13-29)30(32,33)34/h4,7-11,16,20,35H,5-6,12-15,17-19H2,1-3H3,(H,39,42). The Morgan fingerprint density at radius 1 is 1.20 bits per heavy atom. The summed E-state index contributed by atoms with van der Waals surface area (Å²) in [5, 5.41) is 7.06. The number of nitrogens with zero attached hydrogens (tertiary/aromatic N) is 5. The fourth-order valence-corrected chi connectivity index (χ4v) is 6.79. The summed E-state index contributed by atoms with van der Waals surface area (Å²) in [5.74, 6) is 0.331. The minimum atomic E-state index is -4.35. The van der Waals surface area contributed by atoms with Crippen molar-refractivity contribution in [3.63, 3.8) is 0 Å². The monoisotopic (exact) mass is 683 g/mol. The Hall–Kier alpha value is -3.43. The van der Waals surface area contributed by atoms with Gasteiger partial charge in [0, 0.05) is 31.4 Å². The SMILES string of the molecule is CN(CCCC1CNC(C)(C)C1)c1cccc(S(=O)(=O)NC(=O)c2ccc(-n3ccc(OCCC4(C(F)(F)F)CC4)n3)nc2Cl)n1. The molecule has 4 heterocycles. The van der Waals surface area contributed by atoms with Crippen LogP contribution in [0.5, 0.6) is 5.88 Å². The molecule has 0 aromatic carbocycles. The molecule has 5 rings (SSSR count). The Balaban J connectivity index is 1.16. The van der Waals surface area contributed by atoms with Gasteiger partial charge in [-0.25, -0.2) is 19.4 Å². The normalized spacial score (nSPS) is 18.7. The van der Waals surface area contributed by atoms with E-state index in [2.05, 4.69) is 34.2 Å². The third-order valence-electron chi connectivity index (χ3n) is 8.54. The lowest BCUT2D eigenvalue weighted by atomic mass is 9.94. The maximum atomic E-state index is 13.1. The van der Waals surface area contributed by atoms with Crippen LogP contribution in [-0.4, -0.2) is 72.5 Å². The molecule has 1 aliphatic carbocycles. The molecule has 0 bridgehead atoms. The molecule has 3 aromatic rings. The fraction of sp³-hybridized carbons (Fsp3) is 0.533. The van der Waals surface area contributed by atoms with Crippen LogP contribution in [0.2, 0.25) is 5.15 Å². The predicted octanol–water partition coefficient (Wildman–Crippen LogP) is 5.15. The largest absolute Gasteiger partial charge is 0.477 e. The van der Waals surface area contributed by atoms with Crippen LogP contribution in [0.15, 0.2) is 47.6 Å². The van der Waals surface area contributed by atoms with Crippen molar-refractivity contribution in [1.82, 2.24) is 29.8 Å². The maximum absolute atomic E-state index is 13.1. The first kappa shape index (κ1) is 33.9. The highest BCUT2D eigenvalue weighted by Crippen LogP contribution is 2.59. The number of hydrogen-bond donors (Lipinski definition) is 2. The highest BCUT2D eigenvalue weighted by molar-refractivity contribution is 7.90. The van der Waals surface area contributed by atoms with Gasteiger partial charge in [0.2, 0.25) is 5.88 Å². The van der Waals surface area contributed by atoms with Crippen molar-refractivity contribution in [3.05, 3.63) is 53.3 Å². The lowest BCUT2D eigenvalue weighted by molar-refractivity contribution is -0.190. The van der Waals surface area contributed by atoms with E-state index in [0.29, 0.717) is 18.3 Å². The summed E-state index contributed by atoms with van der Waals surface area (Å²) in [6, 6.07) is 8.71. The number of anilines is 1. The molecule has 1 amide bonds. The molecule has 1 atom stereocenters. The summed E-state index contributed by atoms with van der Waals surface area (Å²) in [6.07, 6.45) is 0.318. The number of alkyl halides is 3. The van der Waals surface area contributed by atoms with E-state index in [0.717, 1.165) is 25.8 Å². The van der Waals surface area contributed by atoms with Gasteiger partial charge in [0.15, 0.2) is 10.8 Å². The smallest absolute Gasteiger partial charge is 0.394 e. The second-order valence-corrected chi connectivity index (χ2v) is 14.6. The van der Waals surface area contributed by atoms with E-state index in [9.17, 15) is 26.4 Å². The lowest BCUT2D eigenvalue weighted by Gasteiger charge is -2.20. The molecule has 0 radical (unpaired) electrons. The first-order chi connectivity index (χ1) is 21.6. The van der Waals surface area contributed by atoms with E-state index < -0.39 is 27.5 Å². The molecule has 16 heteroatoms. The number of carbonyl (C=O) groups is 1. The van der Waals surface area contributed by atoms with E-state index in [1.165, 1.54) is 35.1 Å². The second kappa shape index (κ2) is 13.0. The van der Waals surface area contributed by atoms with Gasteiger partial charge in [0.25, 0.3) is 15.9 Å². The van der Waals surface area contributed by atoms with E-state index in [1.807, 2.05) is 16.7 Å². The zero-order valence-corrected chi connectivity index (χ0v) is 27.3. The van der Waals surface area contributed by atoms with Crippen LogP contribution < -0.4 is 19.7 Å². The maximum Gasteiger partial charge on any atom is 0.394 e. The first-order valence-corrected chi connectivity index (χ1v) is 16.9. The van der Waals surface area contributed by atoms with Crippen molar-refractivity contribution in [2.24, 2.45) is 11.3 Å². The van der Waals surface area contributed by atoms with E-state index >= 15 is 0 Å². The van der Waals surface area contributed by atoms with Crippen LogP contribution in [0.3, 0.4) is 0 Å². The Bertz CT molecular complexity index is 1680. The highest BCUT2D eigenvalue weighted by Gasteiger charge is 2.62. The number of halogens is 4. The van der Waals surface area contributed by atoms with E-state index in [4.69, 9.17) is 16.3 Å². The number of ether oxygens (including phenoxy) is 1. The van der Waals surface area contributed by atoms with Gasteiger partial charge in [-0.1, -0.05) is 17.7 Å². The summed E-state index contributed by atoms with van der Waals surface area (Å²) < 4.78 is 74.2. The third-order valence-corrected chi connectivity index (χ3v) is 10.1. The quantitative estimate of drug-likeness (QED) is 0.235. The van der Waals surface area contributed by atoms with Gasteiger partial charge < -0.3 is 15.0 Å². The van der Waals surface area contributed by atoms with Gasteiger partial charge in [0.1, 0.15) is 11.0 Å². The molecule has 11 nitrogen and oxygen atoms in total. The number of amides is 1. The summed E-state index contributed by atoms with van der Waals surface area (Å²) in [6.45, 7) is 5.92. The van der Waals surface area contributed by atoms with Gasteiger partial charge in [-0.3, -0.25) is 4.79 Å². The van der Waals surface area contributed by atoms with E-state index in [1.54, 1.807) is 12.1 Å². The first-order valence-electron chi connectivity index (χ1n) is 15.0. The lowest BCUT2D eigenvalue weighted by Crippen LogP contribution is -2.32. The Labute approximate surface area is 270 Å². The molecule has 1 aliphatic heterocycles. The molecule has 2 aliphatic rings. The van der Waals surface area contributed by atoms with E-state index in [-0.39, 0.29) is 58.8 Å². The predicted molar refractivity (Wildman–Crippen MR) is 166 cm³/mol. The summed E-state index contributed by atoms with van der Waals surface area (Å²) >= 11 is 6.25. The average Bonchev–Trinajstić information content (AvgIpc) is 3.51. The molecule has 46 heavy (non-hydrogen) atoms. The van der Waals surface area contributed by atoms with Gasteiger partial charge in [-0.2, -0.15) is 21.6 Å². The summed E-state index contributed by atoms with van der Waals surface area (Å²) in [4.78, 5) is 23.2. The molecule has 250 valence electrons. The number of hydrogen-bond acceptors (Lipinski definition) is 9. The van der Waals surface area contributed by atoms with Crippen molar-refractivity contribution in [3.8, 4) is 11.7 Å². The summed E-state index contributed by atoms with van der Waals surface area (Å²) in [5.41, 5.74) is -1.72. The number of pyridine rings is 2. The van der Waals surface area contributed by atoms with Gasteiger partial charge >= 0.3 is 6.18 Å². The molecule has 1 saturated heterocycles. The molecule has 3 aromatic heterocycles. The van der Waals surface area contributed by atoms with Crippen LogP contribution in [0.25, 0.3) is 5.82 Å². The van der Waals surface area contributed by atoms with Crippen molar-refractivity contribution >= 4 is 33.3 Å². The van der Waals surface area contributed by atoms with Crippen LogP contribution in [-0.2, 0) is 10.0 Å². The minimum Gasteiger partial charge on any atom is -0.477 e. The number of aromatic nitrogens is 4. The molecule has 1 saturated carbocycles. The van der Waals surface area contributed by atoms with Crippen molar-refractivity contribution in [2.45, 2.75) is 69.1 Å². The molecule has 0 spiro atoms. The zero-order valence-electron chi connectivity index (χ0n) is 25.8. The van der Waals surface area contributed by atoms with Crippen LogP contribution in [0.1, 0.15) is 62.7 Å². The molecule has 2 fully saturated rings. The number of rotatable bonds is 13. The minimum absolute atomic E-state index is 0.0931. The highest BCUT2D eigenvalue weighted by atomic mass is 35.5. The third kappa shape index (κ3) is 7.92. The Morgan fingerprint density at radius 2 is 1.96 bits per heavy atom. The number of carbonyl (C=O) groups excluding carboxylic acids is 1. The van der Waals surface area contributed by atoms with Crippen molar-refractivity contribution in [2.75, 3.05) is 31.6 Å². The van der Waals surface area contributed by atoms with Crippen LogP contribution >= 0.6 is 11.6 Å². The fourth-order valence-electron chi connectivity index (χ4n) is 5.63. The average molecular weight is 684 g/mol. The van der Waals surface area contributed by atoms with Gasteiger partial charge in [0.05, 0.1) is 17.6 Å². The zero-order chi connectivity index (χ0) is 33.3. The molecule has 1 unspecified atom stereocenters. The van der Waals surface area contributed by atoms with Crippen LogP contribution in [0.4, 0.5) is 19.0 Å². The van der Waals surface area contributed by atoms with Crippen molar-refractivity contribution < 1.29 is 31.1 Å². The van der Waals surface area contributed by atoms with Crippen LogP contribution in [0, 0.1) is 11.3 Å². The molecular weight excluding hydrogens is 647 g/mol. The number of sulfonamides is 1. The molecular formula is C30H37ClF3N7O4S. The summed E-state index contributed by atoms with van der Waals surface area (Å²) in [7, 11) is -2.51. The van der Waals surface area contributed by atoms with Crippen molar-refractivity contribution in [1.29, 1.82) is 0 Å². The Kier molecular flexibility index (Phi) is 9.58. The number of nitrogens with one attached hydrogen (secondary N) is 2. The Morgan fingerprint density at radius 3 is 2.61 bits per heavy atom. The second-order valence-electron chi connectivity index (χ2n) is 12.7.